The van der Waals surface area contributed by atoms with E-state index in [4.69, 9.17) is 9.52 Å². The standard InChI is InChI=1S/C17H20N2O4/c1-3-17(4-2,10-14(20)21)19-15(22)13-11-23-16(18-13)12-8-6-5-7-9-12/h5-9,11H,3-4,10H2,1-2H3,(H,19,22)(H,20,21). The van der Waals surface area contributed by atoms with Crippen molar-refractivity contribution in [3.8, 4) is 11.5 Å². The first-order chi connectivity index (χ1) is 11.0. The minimum absolute atomic E-state index is 0.130. The molecule has 2 aromatic rings. The van der Waals surface area contributed by atoms with Crippen molar-refractivity contribution in [3.05, 3.63) is 42.3 Å². The Labute approximate surface area is 134 Å². The van der Waals surface area contributed by atoms with Gasteiger partial charge in [-0.05, 0) is 25.0 Å². The summed E-state index contributed by atoms with van der Waals surface area (Å²) >= 11 is 0. The molecule has 0 spiro atoms. The Bertz CT molecular complexity index is 675. The molecule has 2 N–H and O–H groups in total. The molecule has 6 nitrogen and oxygen atoms in total. The summed E-state index contributed by atoms with van der Waals surface area (Å²) in [6.45, 7) is 3.70. The highest BCUT2D eigenvalue weighted by molar-refractivity contribution is 5.93. The second-order valence-corrected chi connectivity index (χ2v) is 5.42. The van der Waals surface area contributed by atoms with Gasteiger partial charge in [-0.3, -0.25) is 9.59 Å². The molecule has 1 amide bonds. The monoisotopic (exact) mass is 316 g/mol. The van der Waals surface area contributed by atoms with Gasteiger partial charge < -0.3 is 14.8 Å². The molecule has 0 unspecified atom stereocenters. The normalized spacial score (nSPS) is 11.2. The fraction of sp³-hybridized carbons (Fsp3) is 0.353. The van der Waals surface area contributed by atoms with E-state index in [0.717, 1.165) is 5.56 Å². The van der Waals surface area contributed by atoms with Crippen LogP contribution < -0.4 is 5.32 Å². The topological polar surface area (TPSA) is 92.4 Å². The minimum Gasteiger partial charge on any atom is -0.481 e. The van der Waals surface area contributed by atoms with Crippen LogP contribution in [0.25, 0.3) is 11.5 Å². The van der Waals surface area contributed by atoms with Gasteiger partial charge in [0.05, 0.1) is 12.0 Å². The maximum Gasteiger partial charge on any atom is 0.305 e. The zero-order valence-corrected chi connectivity index (χ0v) is 13.2. The van der Waals surface area contributed by atoms with Crippen LogP contribution in [0.2, 0.25) is 0 Å². The molecule has 0 fully saturated rings. The van der Waals surface area contributed by atoms with Crippen molar-refractivity contribution in [2.45, 2.75) is 38.6 Å². The molecule has 0 saturated heterocycles. The van der Waals surface area contributed by atoms with Gasteiger partial charge in [-0.25, -0.2) is 4.98 Å². The predicted octanol–water partition coefficient (Wildman–Crippen LogP) is 3.10. The molecular weight excluding hydrogens is 296 g/mol. The van der Waals surface area contributed by atoms with E-state index in [1.54, 1.807) is 0 Å². The predicted molar refractivity (Wildman–Crippen MR) is 85.0 cm³/mol. The van der Waals surface area contributed by atoms with Gasteiger partial charge in [-0.2, -0.15) is 0 Å². The fourth-order valence-electron chi connectivity index (χ4n) is 2.41. The lowest BCUT2D eigenvalue weighted by molar-refractivity contribution is -0.138. The third-order valence-electron chi connectivity index (χ3n) is 3.98. The summed E-state index contributed by atoms with van der Waals surface area (Å²) < 4.78 is 5.35. The third-order valence-corrected chi connectivity index (χ3v) is 3.98. The smallest absolute Gasteiger partial charge is 0.305 e. The number of hydrogen-bond donors (Lipinski definition) is 2. The van der Waals surface area contributed by atoms with E-state index in [0.29, 0.717) is 18.7 Å². The quantitative estimate of drug-likeness (QED) is 0.818. The molecule has 0 saturated carbocycles. The first-order valence-corrected chi connectivity index (χ1v) is 7.55. The zero-order chi connectivity index (χ0) is 16.9. The van der Waals surface area contributed by atoms with Crippen molar-refractivity contribution in [3.63, 3.8) is 0 Å². The van der Waals surface area contributed by atoms with Gasteiger partial charge >= 0.3 is 5.97 Å². The van der Waals surface area contributed by atoms with Gasteiger partial charge in [-0.15, -0.1) is 0 Å². The molecule has 0 radical (unpaired) electrons. The van der Waals surface area contributed by atoms with E-state index >= 15 is 0 Å². The van der Waals surface area contributed by atoms with Crippen molar-refractivity contribution >= 4 is 11.9 Å². The van der Waals surface area contributed by atoms with Crippen LogP contribution in [0.1, 0.15) is 43.6 Å². The van der Waals surface area contributed by atoms with Crippen LogP contribution in [0.15, 0.2) is 41.0 Å². The summed E-state index contributed by atoms with van der Waals surface area (Å²) in [5, 5.41) is 11.9. The summed E-state index contributed by atoms with van der Waals surface area (Å²) in [5.74, 6) is -1.02. The van der Waals surface area contributed by atoms with Crippen molar-refractivity contribution < 1.29 is 19.1 Å². The second kappa shape index (κ2) is 7.09. The molecule has 23 heavy (non-hydrogen) atoms. The number of carboxylic acid groups (broad SMARTS) is 1. The average Bonchev–Trinajstić information content (AvgIpc) is 3.04. The molecule has 0 aliphatic heterocycles. The van der Waals surface area contributed by atoms with Gasteiger partial charge in [-0.1, -0.05) is 32.0 Å². The number of rotatable bonds is 7. The number of carbonyl (C=O) groups is 2. The molecule has 6 heteroatoms. The Morgan fingerprint density at radius 2 is 1.87 bits per heavy atom. The summed E-state index contributed by atoms with van der Waals surface area (Å²) in [4.78, 5) is 27.6. The number of nitrogens with zero attached hydrogens (tertiary/aromatic N) is 1. The van der Waals surface area contributed by atoms with Gasteiger partial charge in [0, 0.05) is 5.56 Å². The highest BCUT2D eigenvalue weighted by atomic mass is 16.4. The molecule has 2 rings (SSSR count). The molecule has 122 valence electrons. The third kappa shape index (κ3) is 3.97. The van der Waals surface area contributed by atoms with Crippen LogP contribution in [-0.2, 0) is 4.79 Å². The SMILES string of the molecule is CCC(CC)(CC(=O)O)NC(=O)c1coc(-c2ccccc2)n1. The van der Waals surface area contributed by atoms with Gasteiger partial charge in [0.25, 0.3) is 5.91 Å². The van der Waals surface area contributed by atoms with Crippen LogP contribution in [0.3, 0.4) is 0 Å². The lowest BCUT2D eigenvalue weighted by atomic mass is 9.89. The number of carbonyl (C=O) groups excluding carboxylic acids is 1. The summed E-state index contributed by atoms with van der Waals surface area (Å²) in [6.07, 6.45) is 2.19. The van der Waals surface area contributed by atoms with E-state index in [9.17, 15) is 9.59 Å². The average molecular weight is 316 g/mol. The van der Waals surface area contributed by atoms with Crippen LogP contribution in [0, 0.1) is 0 Å². The molecule has 1 aromatic carbocycles. The number of aliphatic carboxylic acids is 1. The number of nitrogens with one attached hydrogen (secondary N) is 1. The van der Waals surface area contributed by atoms with Crippen LogP contribution in [-0.4, -0.2) is 27.5 Å². The Morgan fingerprint density at radius 3 is 2.43 bits per heavy atom. The number of benzene rings is 1. The molecule has 0 aliphatic rings. The highest BCUT2D eigenvalue weighted by Gasteiger charge is 2.32. The molecular formula is C17H20N2O4. The Balaban J connectivity index is 2.17. The van der Waals surface area contributed by atoms with Crippen LogP contribution in [0.5, 0.6) is 0 Å². The summed E-state index contributed by atoms with van der Waals surface area (Å²) in [7, 11) is 0. The van der Waals surface area contributed by atoms with E-state index in [1.165, 1.54) is 6.26 Å². The number of oxazole rings is 1. The molecule has 1 heterocycles. The van der Waals surface area contributed by atoms with E-state index in [-0.39, 0.29) is 12.1 Å². The molecule has 0 bridgehead atoms. The number of hydrogen-bond acceptors (Lipinski definition) is 4. The Morgan fingerprint density at radius 1 is 1.22 bits per heavy atom. The van der Waals surface area contributed by atoms with E-state index < -0.39 is 17.4 Å². The molecule has 0 aliphatic carbocycles. The van der Waals surface area contributed by atoms with Crippen molar-refractivity contribution in [2.75, 3.05) is 0 Å². The number of aromatic nitrogens is 1. The van der Waals surface area contributed by atoms with Crippen molar-refractivity contribution in [1.29, 1.82) is 0 Å². The number of amides is 1. The van der Waals surface area contributed by atoms with Crippen LogP contribution >= 0.6 is 0 Å². The van der Waals surface area contributed by atoms with E-state index in [2.05, 4.69) is 10.3 Å². The minimum atomic E-state index is -0.945. The Hall–Kier alpha value is -2.63. The molecule has 1 aromatic heterocycles. The summed E-state index contributed by atoms with van der Waals surface area (Å²) in [5.41, 5.74) is 0.129. The maximum absolute atomic E-state index is 12.4. The molecule has 0 atom stereocenters. The fourth-order valence-corrected chi connectivity index (χ4v) is 2.41. The highest BCUT2D eigenvalue weighted by Crippen LogP contribution is 2.22. The van der Waals surface area contributed by atoms with E-state index in [1.807, 2.05) is 44.2 Å². The zero-order valence-electron chi connectivity index (χ0n) is 13.2. The van der Waals surface area contributed by atoms with Gasteiger partial charge in [0.2, 0.25) is 5.89 Å². The lowest BCUT2D eigenvalue weighted by Gasteiger charge is -2.30. The first kappa shape index (κ1) is 16.7. The van der Waals surface area contributed by atoms with Crippen molar-refractivity contribution in [1.82, 2.24) is 10.3 Å². The Kier molecular flexibility index (Phi) is 5.16. The van der Waals surface area contributed by atoms with Gasteiger partial charge in [0.1, 0.15) is 6.26 Å². The lowest BCUT2D eigenvalue weighted by Crippen LogP contribution is -2.49. The first-order valence-electron chi connectivity index (χ1n) is 7.55. The second-order valence-electron chi connectivity index (χ2n) is 5.42. The summed E-state index contributed by atoms with van der Waals surface area (Å²) in [6, 6.07) is 9.25. The number of carboxylic acids is 1. The van der Waals surface area contributed by atoms with Gasteiger partial charge in [0.15, 0.2) is 5.69 Å². The van der Waals surface area contributed by atoms with Crippen LogP contribution in [0.4, 0.5) is 0 Å². The maximum atomic E-state index is 12.4. The largest absolute Gasteiger partial charge is 0.481 e. The van der Waals surface area contributed by atoms with Crippen molar-refractivity contribution in [2.24, 2.45) is 0 Å².